The average molecular weight is 472 g/mol. The normalized spacial score (nSPS) is 22.4. The summed E-state index contributed by atoms with van der Waals surface area (Å²) in [5.74, 6) is 1.95. The van der Waals surface area contributed by atoms with Crippen molar-refractivity contribution in [2.24, 2.45) is 4.99 Å². The fourth-order valence-electron chi connectivity index (χ4n) is 4.24. The van der Waals surface area contributed by atoms with Gasteiger partial charge >= 0.3 is 0 Å². The molecule has 0 spiro atoms. The summed E-state index contributed by atoms with van der Waals surface area (Å²) in [5.41, 5.74) is 7.63. The Labute approximate surface area is 197 Å². The predicted octanol–water partition coefficient (Wildman–Crippen LogP) is 2.47. The number of benzene rings is 1. The molecule has 0 amide bonds. The standard InChI is InChI=1S/C23H33N7O2S/c1-16(28-21-15-27-23(29-21)30-10-12-32-13-11-30)26-14-17-4-3-5-20(22(17)24)33(31)19-8-6-18(25-2)7-9-19/h3-5,14-15,18-19,25,28H,1,6-13,24H2,2H3,(H,27,29)/b26-14-. The molecule has 0 bridgehead atoms. The third kappa shape index (κ3) is 5.82. The van der Waals surface area contributed by atoms with Crippen LogP contribution >= 0.6 is 0 Å². The Hall–Kier alpha value is -2.69. The molecule has 9 nitrogen and oxygen atoms in total. The number of anilines is 3. The number of H-pyrrole nitrogens is 1. The summed E-state index contributed by atoms with van der Waals surface area (Å²) in [4.78, 5) is 14.9. The van der Waals surface area contributed by atoms with E-state index in [1.165, 1.54) is 0 Å². The molecule has 5 N–H and O–H groups in total. The van der Waals surface area contributed by atoms with Crippen molar-refractivity contribution in [3.63, 3.8) is 0 Å². The van der Waals surface area contributed by atoms with E-state index >= 15 is 0 Å². The van der Waals surface area contributed by atoms with Crippen molar-refractivity contribution < 1.29 is 8.95 Å². The van der Waals surface area contributed by atoms with E-state index in [9.17, 15) is 4.21 Å². The lowest BCUT2D eigenvalue weighted by Crippen LogP contribution is -2.36. The Kier molecular flexibility index (Phi) is 7.79. The van der Waals surface area contributed by atoms with Gasteiger partial charge in [0.15, 0.2) is 0 Å². The van der Waals surface area contributed by atoms with Gasteiger partial charge in [0.1, 0.15) is 11.6 Å². The first-order valence-electron chi connectivity index (χ1n) is 11.4. The van der Waals surface area contributed by atoms with E-state index in [0.29, 0.717) is 41.5 Å². The number of nitrogens with one attached hydrogen (secondary N) is 3. The molecular formula is C23H33N7O2S. The van der Waals surface area contributed by atoms with Crippen LogP contribution in [-0.2, 0) is 15.5 Å². The van der Waals surface area contributed by atoms with Crippen LogP contribution in [0.4, 0.5) is 17.5 Å². The minimum absolute atomic E-state index is 0.141. The van der Waals surface area contributed by atoms with Crippen molar-refractivity contribution in [3.8, 4) is 0 Å². The van der Waals surface area contributed by atoms with Crippen LogP contribution in [0.1, 0.15) is 31.2 Å². The number of nitrogens with two attached hydrogens (primary N) is 1. The van der Waals surface area contributed by atoms with Crippen molar-refractivity contribution in [2.45, 2.75) is 41.9 Å². The molecule has 1 unspecified atom stereocenters. The summed E-state index contributed by atoms with van der Waals surface area (Å²) in [6.07, 6.45) is 7.33. The molecule has 1 saturated heterocycles. The van der Waals surface area contributed by atoms with E-state index in [0.717, 1.165) is 50.3 Å². The SMILES string of the molecule is C=C(/N=C\c1cccc(S(=O)C2CCC(NC)CC2)c1N)Nc1cnc(N2CCOCC2)[nH]1. The van der Waals surface area contributed by atoms with Gasteiger partial charge in [-0.05, 0) is 38.8 Å². The summed E-state index contributed by atoms with van der Waals surface area (Å²) < 4.78 is 18.6. The molecule has 10 heteroatoms. The van der Waals surface area contributed by atoms with E-state index in [4.69, 9.17) is 10.5 Å². The average Bonchev–Trinajstić information content (AvgIpc) is 3.32. The predicted molar refractivity (Wildman–Crippen MR) is 134 cm³/mol. The number of aromatic nitrogens is 2. The zero-order valence-electron chi connectivity index (χ0n) is 19.0. The van der Waals surface area contributed by atoms with Crippen LogP contribution in [0.3, 0.4) is 0 Å². The zero-order valence-corrected chi connectivity index (χ0v) is 19.9. The smallest absolute Gasteiger partial charge is 0.204 e. The number of para-hydroxylation sites is 1. The monoisotopic (exact) mass is 471 g/mol. The minimum Gasteiger partial charge on any atom is -0.397 e. The molecule has 1 aromatic heterocycles. The van der Waals surface area contributed by atoms with Gasteiger partial charge in [0, 0.05) is 36.2 Å². The van der Waals surface area contributed by atoms with E-state index in [2.05, 4.69) is 37.1 Å². The second kappa shape index (κ2) is 11.0. The highest BCUT2D eigenvalue weighted by Gasteiger charge is 2.26. The van der Waals surface area contributed by atoms with Gasteiger partial charge in [-0.1, -0.05) is 18.7 Å². The summed E-state index contributed by atoms with van der Waals surface area (Å²) in [6.45, 7) is 6.97. The van der Waals surface area contributed by atoms with Gasteiger partial charge in [0.25, 0.3) is 0 Å². The number of rotatable bonds is 8. The van der Waals surface area contributed by atoms with Crippen LogP contribution in [0.15, 0.2) is 46.7 Å². The number of aliphatic imine (C=N–C) groups is 1. The number of ether oxygens (including phenoxy) is 1. The summed E-state index contributed by atoms with van der Waals surface area (Å²) >= 11 is 0. The number of hydrogen-bond donors (Lipinski definition) is 4. The molecule has 1 aromatic carbocycles. The summed E-state index contributed by atoms with van der Waals surface area (Å²) in [6, 6.07) is 6.13. The summed E-state index contributed by atoms with van der Waals surface area (Å²) in [5, 5.41) is 6.57. The first kappa shape index (κ1) is 23.5. The van der Waals surface area contributed by atoms with Crippen LogP contribution in [0, 0.1) is 0 Å². The third-order valence-corrected chi connectivity index (χ3v) is 8.08. The molecule has 2 aliphatic rings. The lowest BCUT2D eigenvalue weighted by Gasteiger charge is -2.28. The lowest BCUT2D eigenvalue weighted by atomic mass is 9.95. The van der Waals surface area contributed by atoms with Gasteiger partial charge in [-0.3, -0.25) is 4.21 Å². The Bertz CT molecular complexity index is 1010. The molecule has 1 saturated carbocycles. The number of morpholine rings is 1. The Morgan fingerprint density at radius 3 is 2.82 bits per heavy atom. The molecule has 1 atom stereocenters. The number of nitrogen functional groups attached to an aromatic ring is 1. The van der Waals surface area contributed by atoms with Crippen molar-refractivity contribution in [1.82, 2.24) is 15.3 Å². The number of aromatic amines is 1. The molecule has 4 rings (SSSR count). The van der Waals surface area contributed by atoms with Crippen molar-refractivity contribution >= 4 is 34.5 Å². The van der Waals surface area contributed by atoms with Crippen LogP contribution in [0.2, 0.25) is 0 Å². The fraction of sp³-hybridized carbons (Fsp3) is 0.478. The quantitative estimate of drug-likeness (QED) is 0.345. The highest BCUT2D eigenvalue weighted by atomic mass is 32.2. The number of imidazole rings is 1. The van der Waals surface area contributed by atoms with Crippen molar-refractivity contribution in [1.29, 1.82) is 0 Å². The topological polar surface area (TPSA) is 121 Å². The molecule has 2 fully saturated rings. The third-order valence-electron chi connectivity index (χ3n) is 6.21. The Morgan fingerprint density at radius 2 is 2.09 bits per heavy atom. The molecule has 33 heavy (non-hydrogen) atoms. The summed E-state index contributed by atoms with van der Waals surface area (Å²) in [7, 11) is 0.853. The van der Waals surface area contributed by atoms with Gasteiger partial charge in [-0.25, -0.2) is 9.98 Å². The van der Waals surface area contributed by atoms with E-state index in [1.54, 1.807) is 12.4 Å². The first-order chi connectivity index (χ1) is 16.0. The molecule has 2 aromatic rings. The molecule has 2 heterocycles. The van der Waals surface area contributed by atoms with Gasteiger partial charge in [-0.2, -0.15) is 0 Å². The van der Waals surface area contributed by atoms with Gasteiger partial charge in [-0.15, -0.1) is 0 Å². The van der Waals surface area contributed by atoms with E-state index < -0.39 is 10.8 Å². The molecule has 0 radical (unpaired) electrons. The first-order valence-corrected chi connectivity index (χ1v) is 12.6. The second-order valence-electron chi connectivity index (χ2n) is 8.37. The van der Waals surface area contributed by atoms with Gasteiger partial charge in [0.2, 0.25) is 5.95 Å². The van der Waals surface area contributed by atoms with Crippen LogP contribution < -0.4 is 21.3 Å². The van der Waals surface area contributed by atoms with E-state index in [1.807, 2.05) is 25.2 Å². The van der Waals surface area contributed by atoms with E-state index in [-0.39, 0.29) is 5.25 Å². The largest absolute Gasteiger partial charge is 0.397 e. The highest BCUT2D eigenvalue weighted by molar-refractivity contribution is 7.85. The minimum atomic E-state index is -1.13. The zero-order chi connectivity index (χ0) is 23.2. The van der Waals surface area contributed by atoms with Gasteiger partial charge in [0.05, 0.1) is 40.8 Å². The maximum absolute atomic E-state index is 13.2. The van der Waals surface area contributed by atoms with Crippen molar-refractivity contribution in [2.75, 3.05) is 49.3 Å². The van der Waals surface area contributed by atoms with Gasteiger partial charge < -0.3 is 31.0 Å². The Balaban J connectivity index is 1.37. The maximum atomic E-state index is 13.2. The van der Waals surface area contributed by atoms with Crippen LogP contribution in [-0.4, -0.2) is 65.0 Å². The Morgan fingerprint density at radius 1 is 1.33 bits per heavy atom. The molecule has 1 aliphatic carbocycles. The second-order valence-corrected chi connectivity index (χ2v) is 10.1. The maximum Gasteiger partial charge on any atom is 0.204 e. The number of hydrogen-bond acceptors (Lipinski definition) is 8. The number of nitrogens with zero attached hydrogens (tertiary/aromatic N) is 3. The molecular weight excluding hydrogens is 438 g/mol. The van der Waals surface area contributed by atoms with Crippen LogP contribution in [0.5, 0.6) is 0 Å². The molecule has 178 valence electrons. The van der Waals surface area contributed by atoms with Crippen molar-refractivity contribution in [3.05, 3.63) is 42.4 Å². The highest BCUT2D eigenvalue weighted by Crippen LogP contribution is 2.29. The molecule has 1 aliphatic heterocycles. The van der Waals surface area contributed by atoms with Crippen LogP contribution in [0.25, 0.3) is 0 Å². The fourth-order valence-corrected chi connectivity index (χ4v) is 5.85. The lowest BCUT2D eigenvalue weighted by molar-refractivity contribution is 0.122.